The van der Waals surface area contributed by atoms with Crippen molar-refractivity contribution in [3.8, 4) is 11.5 Å². The van der Waals surface area contributed by atoms with Gasteiger partial charge in [0.25, 0.3) is 0 Å². The van der Waals surface area contributed by atoms with Crippen molar-refractivity contribution in [2.45, 2.75) is 18.0 Å². The Kier molecular flexibility index (Phi) is 8.31. The van der Waals surface area contributed by atoms with Gasteiger partial charge in [-0.05, 0) is 57.4 Å². The fourth-order valence-corrected chi connectivity index (χ4v) is 6.75. The highest BCUT2D eigenvalue weighted by Crippen LogP contribution is 2.31. The fraction of sp³-hybridized carbons (Fsp3) is 0.280. The maximum Gasteiger partial charge on any atom is 0.244 e. The number of nitrogens with zero attached hydrogens (tertiary/aromatic N) is 2. The highest BCUT2D eigenvalue weighted by Gasteiger charge is 2.30. The lowest BCUT2D eigenvalue weighted by Crippen LogP contribution is -2.48. The van der Waals surface area contributed by atoms with Gasteiger partial charge in [0, 0.05) is 41.7 Å². The third-order valence-electron chi connectivity index (χ3n) is 5.71. The van der Waals surface area contributed by atoms with Crippen molar-refractivity contribution in [1.29, 1.82) is 0 Å². The van der Waals surface area contributed by atoms with Gasteiger partial charge >= 0.3 is 0 Å². The number of hydrogen-bond acceptors (Lipinski definition) is 5. The average molecular weight is 610 g/mol. The quantitative estimate of drug-likeness (QED) is 0.347. The molecule has 4 rings (SSSR count). The molecular weight excluding hydrogens is 584 g/mol. The number of benzene rings is 3. The molecule has 0 spiro atoms. The predicted molar refractivity (Wildman–Crippen MR) is 140 cm³/mol. The Hall–Kier alpha value is -1.91. The second-order valence-corrected chi connectivity index (χ2v) is 11.7. The molecule has 0 aromatic heterocycles. The van der Waals surface area contributed by atoms with E-state index in [9.17, 15) is 8.42 Å². The van der Waals surface area contributed by atoms with Crippen LogP contribution in [0.1, 0.15) is 11.1 Å². The van der Waals surface area contributed by atoms with Crippen molar-refractivity contribution < 1.29 is 17.9 Å². The van der Waals surface area contributed by atoms with E-state index in [1.807, 2.05) is 54.6 Å². The van der Waals surface area contributed by atoms with Crippen LogP contribution in [0.5, 0.6) is 11.5 Å². The maximum absolute atomic E-state index is 13.2. The Morgan fingerprint density at radius 3 is 2.29 bits per heavy atom. The zero-order chi connectivity index (χ0) is 24.1. The number of hydrogen-bond donors (Lipinski definition) is 0. The SMILES string of the molecule is COc1ccc(CN2CCN(S(=O)(=O)c3cc(Br)ccc3Br)CC2)cc1OCc1ccccc1. The second-order valence-electron chi connectivity index (χ2n) is 8.01. The van der Waals surface area contributed by atoms with Gasteiger partial charge in [-0.25, -0.2) is 8.42 Å². The summed E-state index contributed by atoms with van der Waals surface area (Å²) in [4.78, 5) is 2.54. The van der Waals surface area contributed by atoms with Crippen molar-refractivity contribution >= 4 is 41.9 Å². The minimum atomic E-state index is -3.57. The van der Waals surface area contributed by atoms with Crippen molar-refractivity contribution in [2.75, 3.05) is 33.3 Å². The molecule has 0 aliphatic carbocycles. The molecule has 1 fully saturated rings. The number of ether oxygens (including phenoxy) is 2. The Bertz CT molecular complexity index is 1230. The molecule has 1 heterocycles. The van der Waals surface area contributed by atoms with Crippen LogP contribution in [-0.2, 0) is 23.2 Å². The second kappa shape index (κ2) is 11.2. The van der Waals surface area contributed by atoms with Crippen molar-refractivity contribution in [3.63, 3.8) is 0 Å². The first kappa shape index (κ1) is 25.2. The smallest absolute Gasteiger partial charge is 0.244 e. The largest absolute Gasteiger partial charge is 0.493 e. The van der Waals surface area contributed by atoms with Gasteiger partial charge in [0.1, 0.15) is 6.61 Å². The van der Waals surface area contributed by atoms with Crippen LogP contribution >= 0.6 is 31.9 Å². The molecule has 0 bridgehead atoms. The summed E-state index contributed by atoms with van der Waals surface area (Å²) < 4.78 is 40.7. The summed E-state index contributed by atoms with van der Waals surface area (Å²) in [7, 11) is -1.94. The molecule has 0 saturated carbocycles. The van der Waals surface area contributed by atoms with Crippen LogP contribution in [0, 0.1) is 0 Å². The van der Waals surface area contributed by atoms with Crippen LogP contribution in [0.25, 0.3) is 0 Å². The van der Waals surface area contributed by atoms with E-state index >= 15 is 0 Å². The van der Waals surface area contributed by atoms with Gasteiger partial charge in [0.15, 0.2) is 11.5 Å². The third kappa shape index (κ3) is 6.01. The zero-order valence-electron chi connectivity index (χ0n) is 18.8. The van der Waals surface area contributed by atoms with Crippen molar-refractivity contribution in [1.82, 2.24) is 9.21 Å². The van der Waals surface area contributed by atoms with Gasteiger partial charge in [0.2, 0.25) is 10.0 Å². The van der Waals surface area contributed by atoms with E-state index in [1.54, 1.807) is 23.5 Å². The number of halogens is 2. The molecule has 1 aliphatic rings. The molecule has 1 aliphatic heterocycles. The third-order valence-corrected chi connectivity index (χ3v) is 9.10. The van der Waals surface area contributed by atoms with E-state index in [0.717, 1.165) is 15.6 Å². The van der Waals surface area contributed by atoms with Crippen molar-refractivity contribution in [2.24, 2.45) is 0 Å². The molecule has 0 amide bonds. The van der Waals surface area contributed by atoms with E-state index in [1.165, 1.54) is 0 Å². The normalized spacial score (nSPS) is 15.3. The number of sulfonamides is 1. The van der Waals surface area contributed by atoms with Crippen LogP contribution in [-0.4, -0.2) is 50.9 Å². The van der Waals surface area contributed by atoms with Gasteiger partial charge in [-0.3, -0.25) is 4.90 Å². The lowest BCUT2D eigenvalue weighted by Gasteiger charge is -2.34. The standard InChI is InChI=1S/C25H26Br2N2O4S/c1-32-23-10-7-20(15-24(23)33-18-19-5-3-2-4-6-19)17-28-11-13-29(14-12-28)34(30,31)25-16-21(26)8-9-22(25)27/h2-10,15-16H,11-14,17-18H2,1H3. The van der Waals surface area contributed by atoms with E-state index in [0.29, 0.717) is 55.3 Å². The lowest BCUT2D eigenvalue weighted by atomic mass is 10.1. The molecule has 0 atom stereocenters. The topological polar surface area (TPSA) is 59.1 Å². The molecule has 1 saturated heterocycles. The summed E-state index contributed by atoms with van der Waals surface area (Å²) >= 11 is 6.74. The van der Waals surface area contributed by atoms with Crippen LogP contribution < -0.4 is 9.47 Å². The first-order chi connectivity index (χ1) is 16.4. The lowest BCUT2D eigenvalue weighted by molar-refractivity contribution is 0.181. The molecule has 180 valence electrons. The summed E-state index contributed by atoms with van der Waals surface area (Å²) in [5, 5.41) is 0. The van der Waals surface area contributed by atoms with Gasteiger partial charge in [-0.2, -0.15) is 4.31 Å². The Labute approximate surface area is 217 Å². The Morgan fingerprint density at radius 1 is 0.853 bits per heavy atom. The van der Waals surface area contributed by atoms with Gasteiger partial charge in [0.05, 0.1) is 12.0 Å². The Morgan fingerprint density at radius 2 is 1.59 bits per heavy atom. The fourth-order valence-electron chi connectivity index (χ4n) is 3.87. The summed E-state index contributed by atoms with van der Waals surface area (Å²) in [6.45, 7) is 3.35. The highest BCUT2D eigenvalue weighted by atomic mass is 79.9. The summed E-state index contributed by atoms with van der Waals surface area (Å²) in [6, 6.07) is 21.1. The molecule has 6 nitrogen and oxygen atoms in total. The van der Waals surface area contributed by atoms with E-state index in [-0.39, 0.29) is 4.90 Å². The van der Waals surface area contributed by atoms with Crippen LogP contribution in [0.4, 0.5) is 0 Å². The monoisotopic (exact) mass is 608 g/mol. The summed E-state index contributed by atoms with van der Waals surface area (Å²) in [5.74, 6) is 1.39. The molecule has 3 aromatic carbocycles. The predicted octanol–water partition coefficient (Wildman–Crippen LogP) is 5.31. The minimum Gasteiger partial charge on any atom is -0.493 e. The van der Waals surface area contributed by atoms with Crippen LogP contribution in [0.2, 0.25) is 0 Å². The first-order valence-corrected chi connectivity index (χ1v) is 13.9. The van der Waals surface area contributed by atoms with Gasteiger partial charge < -0.3 is 9.47 Å². The Balaban J connectivity index is 1.39. The molecule has 0 radical (unpaired) electrons. The molecular formula is C25H26Br2N2O4S. The molecule has 3 aromatic rings. The molecule has 0 unspecified atom stereocenters. The zero-order valence-corrected chi connectivity index (χ0v) is 22.8. The molecule has 0 N–H and O–H groups in total. The van der Waals surface area contributed by atoms with E-state index in [4.69, 9.17) is 9.47 Å². The number of rotatable bonds is 8. The molecule has 34 heavy (non-hydrogen) atoms. The minimum absolute atomic E-state index is 0.283. The maximum atomic E-state index is 13.2. The number of methoxy groups -OCH3 is 1. The van der Waals surface area contributed by atoms with Gasteiger partial charge in [-0.1, -0.05) is 52.3 Å². The summed E-state index contributed by atoms with van der Waals surface area (Å²) in [5.41, 5.74) is 2.18. The van der Waals surface area contributed by atoms with E-state index < -0.39 is 10.0 Å². The van der Waals surface area contributed by atoms with Crippen LogP contribution in [0.15, 0.2) is 80.6 Å². The first-order valence-electron chi connectivity index (χ1n) is 10.9. The summed E-state index contributed by atoms with van der Waals surface area (Å²) in [6.07, 6.45) is 0. The van der Waals surface area contributed by atoms with E-state index in [2.05, 4.69) is 36.8 Å². The molecule has 9 heteroatoms. The average Bonchev–Trinajstić information content (AvgIpc) is 2.85. The van der Waals surface area contributed by atoms with Crippen LogP contribution in [0.3, 0.4) is 0 Å². The highest BCUT2D eigenvalue weighted by molar-refractivity contribution is 9.11. The van der Waals surface area contributed by atoms with Gasteiger partial charge in [-0.15, -0.1) is 0 Å². The number of piperazine rings is 1. The van der Waals surface area contributed by atoms with Crippen molar-refractivity contribution in [3.05, 3.63) is 86.8 Å².